The Bertz CT molecular complexity index is 1070. The molecule has 8 nitrogen and oxygen atoms in total. The van der Waals surface area contributed by atoms with Gasteiger partial charge in [0.15, 0.2) is 11.5 Å². The summed E-state index contributed by atoms with van der Waals surface area (Å²) in [5.74, 6) is 1.40. The van der Waals surface area contributed by atoms with Gasteiger partial charge in [0, 0.05) is 52.0 Å². The molecular formula is C27H41N3O5S. The molecule has 1 atom stereocenters. The van der Waals surface area contributed by atoms with Gasteiger partial charge < -0.3 is 14.2 Å². The van der Waals surface area contributed by atoms with Crippen molar-refractivity contribution >= 4 is 10.0 Å². The second-order valence-electron chi connectivity index (χ2n) is 9.54. The van der Waals surface area contributed by atoms with Gasteiger partial charge >= 0.3 is 0 Å². The Morgan fingerprint density at radius 3 is 2.31 bits per heavy atom. The second-order valence-corrected chi connectivity index (χ2v) is 11.5. The van der Waals surface area contributed by atoms with Crippen LogP contribution in [-0.4, -0.2) is 77.4 Å². The van der Waals surface area contributed by atoms with Crippen molar-refractivity contribution in [2.24, 2.45) is 5.92 Å². The second kappa shape index (κ2) is 13.4. The molecule has 0 bridgehead atoms. The van der Waals surface area contributed by atoms with Gasteiger partial charge in [-0.1, -0.05) is 38.1 Å². The quantitative estimate of drug-likeness (QED) is 0.406. The minimum absolute atomic E-state index is 0.0997. The molecule has 0 aromatic heterocycles. The zero-order chi connectivity index (χ0) is 26.1. The molecule has 9 heteroatoms. The lowest BCUT2D eigenvalue weighted by Gasteiger charge is -2.39. The van der Waals surface area contributed by atoms with Crippen molar-refractivity contribution < 1.29 is 22.6 Å². The summed E-state index contributed by atoms with van der Waals surface area (Å²) in [6.07, 6.45) is 0.934. The maximum Gasteiger partial charge on any atom is 0.243 e. The Balaban J connectivity index is 1.65. The lowest BCUT2D eigenvalue weighted by Crippen LogP contribution is -2.55. The van der Waals surface area contributed by atoms with E-state index in [2.05, 4.69) is 49.2 Å². The summed E-state index contributed by atoms with van der Waals surface area (Å²) >= 11 is 0. The predicted molar refractivity (Wildman–Crippen MR) is 142 cm³/mol. The molecule has 0 amide bonds. The van der Waals surface area contributed by atoms with Gasteiger partial charge in [-0.05, 0) is 42.5 Å². The van der Waals surface area contributed by atoms with Gasteiger partial charge in [-0.15, -0.1) is 0 Å². The maximum atomic E-state index is 13.3. The zero-order valence-corrected chi connectivity index (χ0v) is 23.0. The number of benzene rings is 2. The number of hydrogen-bond acceptors (Lipinski definition) is 7. The van der Waals surface area contributed by atoms with Gasteiger partial charge in [-0.2, -0.15) is 4.31 Å². The highest BCUT2D eigenvalue weighted by Gasteiger charge is 2.31. The number of piperazine rings is 1. The number of aryl methyl sites for hydroxylation is 1. The molecule has 1 aliphatic heterocycles. The summed E-state index contributed by atoms with van der Waals surface area (Å²) in [4.78, 5) is 2.54. The highest BCUT2D eigenvalue weighted by Crippen LogP contribution is 2.31. The smallest absolute Gasteiger partial charge is 0.243 e. The summed E-state index contributed by atoms with van der Waals surface area (Å²) in [6.45, 7) is 10.7. The van der Waals surface area contributed by atoms with Crippen LogP contribution in [-0.2, 0) is 21.3 Å². The largest absolute Gasteiger partial charge is 0.493 e. The SMILES string of the molecule is COc1ccc(S(=O)(=O)N2CCN(C(CCOCC(C)C)NCc3ccccc3C)CC2)cc1OC. The first-order valence-electron chi connectivity index (χ1n) is 12.6. The lowest BCUT2D eigenvalue weighted by atomic mass is 10.1. The van der Waals surface area contributed by atoms with Gasteiger partial charge in [-0.3, -0.25) is 10.2 Å². The van der Waals surface area contributed by atoms with Crippen LogP contribution in [0.1, 0.15) is 31.4 Å². The Hall–Kier alpha value is -2.17. The molecule has 36 heavy (non-hydrogen) atoms. The van der Waals surface area contributed by atoms with Crippen molar-refractivity contribution in [2.75, 3.05) is 53.6 Å². The summed E-state index contributed by atoms with van der Waals surface area (Å²) in [5.41, 5.74) is 2.52. The monoisotopic (exact) mass is 519 g/mol. The average Bonchev–Trinajstić information content (AvgIpc) is 2.88. The van der Waals surface area contributed by atoms with E-state index in [4.69, 9.17) is 14.2 Å². The highest BCUT2D eigenvalue weighted by atomic mass is 32.2. The van der Waals surface area contributed by atoms with Crippen LogP contribution < -0.4 is 14.8 Å². The molecule has 0 radical (unpaired) electrons. The Morgan fingerprint density at radius 1 is 0.972 bits per heavy atom. The van der Waals surface area contributed by atoms with E-state index in [0.29, 0.717) is 50.2 Å². The van der Waals surface area contributed by atoms with Crippen LogP contribution in [0.3, 0.4) is 0 Å². The fourth-order valence-corrected chi connectivity index (χ4v) is 5.78. The molecule has 1 heterocycles. The Morgan fingerprint density at radius 2 is 1.67 bits per heavy atom. The van der Waals surface area contributed by atoms with E-state index >= 15 is 0 Å². The Labute approximate surface area is 216 Å². The molecule has 1 N–H and O–H groups in total. The van der Waals surface area contributed by atoms with E-state index in [1.165, 1.54) is 31.4 Å². The normalized spacial score (nSPS) is 16.3. The van der Waals surface area contributed by atoms with E-state index in [-0.39, 0.29) is 11.1 Å². The standard InChI is InChI=1S/C27H41N3O5S/c1-21(2)20-35-17-12-27(28-19-23-9-7-6-8-22(23)3)29-13-15-30(16-14-29)36(31,32)24-10-11-25(33-4)26(18-24)34-5/h6-11,18,21,27-28H,12-17,19-20H2,1-5H3. The molecule has 1 aliphatic rings. The van der Waals surface area contributed by atoms with Crippen LogP contribution >= 0.6 is 0 Å². The molecule has 1 fully saturated rings. The van der Waals surface area contributed by atoms with Crippen molar-refractivity contribution in [3.05, 3.63) is 53.6 Å². The minimum atomic E-state index is -3.63. The van der Waals surface area contributed by atoms with Crippen molar-refractivity contribution in [1.29, 1.82) is 0 Å². The Kier molecular flexibility index (Phi) is 10.6. The van der Waals surface area contributed by atoms with Gasteiger partial charge in [-0.25, -0.2) is 8.42 Å². The van der Waals surface area contributed by atoms with Gasteiger partial charge in [0.2, 0.25) is 10.0 Å². The zero-order valence-electron chi connectivity index (χ0n) is 22.2. The molecule has 1 saturated heterocycles. The molecule has 0 saturated carbocycles. The predicted octanol–water partition coefficient (Wildman–Crippen LogP) is 3.50. The topological polar surface area (TPSA) is 80.3 Å². The minimum Gasteiger partial charge on any atom is -0.493 e. The summed E-state index contributed by atoms with van der Waals surface area (Å²) in [5, 5.41) is 3.70. The average molecular weight is 520 g/mol. The van der Waals surface area contributed by atoms with Crippen LogP contribution in [0.25, 0.3) is 0 Å². The number of ether oxygens (including phenoxy) is 3. The van der Waals surface area contributed by atoms with Crippen molar-refractivity contribution in [3.8, 4) is 11.5 Å². The molecule has 200 valence electrons. The van der Waals surface area contributed by atoms with E-state index in [1.54, 1.807) is 16.4 Å². The number of sulfonamides is 1. The van der Waals surface area contributed by atoms with Crippen LogP contribution in [0.15, 0.2) is 47.4 Å². The maximum absolute atomic E-state index is 13.3. The summed E-state index contributed by atoms with van der Waals surface area (Å²) in [6, 6.07) is 13.1. The molecule has 3 rings (SSSR count). The van der Waals surface area contributed by atoms with E-state index in [0.717, 1.165) is 19.6 Å². The number of rotatable bonds is 13. The van der Waals surface area contributed by atoms with E-state index < -0.39 is 10.0 Å². The molecule has 0 aliphatic carbocycles. The lowest BCUT2D eigenvalue weighted by molar-refractivity contribution is 0.0579. The first-order chi connectivity index (χ1) is 17.3. The first kappa shape index (κ1) is 28.4. The van der Waals surface area contributed by atoms with Crippen LogP contribution in [0.5, 0.6) is 11.5 Å². The van der Waals surface area contributed by atoms with Gasteiger partial charge in [0.25, 0.3) is 0 Å². The fourth-order valence-electron chi connectivity index (χ4n) is 4.35. The van der Waals surface area contributed by atoms with Crippen LogP contribution in [0.4, 0.5) is 0 Å². The third-order valence-electron chi connectivity index (χ3n) is 6.48. The molecule has 1 unspecified atom stereocenters. The van der Waals surface area contributed by atoms with E-state index in [9.17, 15) is 8.42 Å². The molecule has 0 spiro atoms. The number of nitrogens with one attached hydrogen (secondary N) is 1. The van der Waals surface area contributed by atoms with Crippen molar-refractivity contribution in [3.63, 3.8) is 0 Å². The van der Waals surface area contributed by atoms with Crippen molar-refractivity contribution in [1.82, 2.24) is 14.5 Å². The molecule has 2 aromatic carbocycles. The molecule has 2 aromatic rings. The number of nitrogens with zero attached hydrogens (tertiary/aromatic N) is 2. The van der Waals surface area contributed by atoms with Crippen LogP contribution in [0.2, 0.25) is 0 Å². The van der Waals surface area contributed by atoms with E-state index in [1.807, 2.05) is 6.07 Å². The fraction of sp³-hybridized carbons (Fsp3) is 0.556. The van der Waals surface area contributed by atoms with Gasteiger partial charge in [0.05, 0.1) is 25.3 Å². The van der Waals surface area contributed by atoms with Gasteiger partial charge in [0.1, 0.15) is 0 Å². The third-order valence-corrected chi connectivity index (χ3v) is 8.38. The van der Waals surface area contributed by atoms with Crippen LogP contribution in [0, 0.1) is 12.8 Å². The summed E-state index contributed by atoms with van der Waals surface area (Å²) < 4.78 is 44.6. The summed E-state index contributed by atoms with van der Waals surface area (Å²) in [7, 11) is -0.602. The molecular weight excluding hydrogens is 478 g/mol. The number of hydrogen-bond donors (Lipinski definition) is 1. The highest BCUT2D eigenvalue weighted by molar-refractivity contribution is 7.89. The first-order valence-corrected chi connectivity index (χ1v) is 14.0. The number of methoxy groups -OCH3 is 2. The van der Waals surface area contributed by atoms with Crippen molar-refractivity contribution in [2.45, 2.75) is 44.8 Å². The third kappa shape index (κ3) is 7.43.